The van der Waals surface area contributed by atoms with Crippen molar-refractivity contribution in [3.63, 3.8) is 0 Å². The predicted octanol–water partition coefficient (Wildman–Crippen LogP) is 2.95. The highest BCUT2D eigenvalue weighted by Gasteiger charge is 2.05. The summed E-state index contributed by atoms with van der Waals surface area (Å²) in [7, 11) is 0. The Morgan fingerprint density at radius 3 is 2.83 bits per heavy atom. The molecule has 0 aliphatic carbocycles. The minimum Gasteiger partial charge on any atom is -0.452 e. The summed E-state index contributed by atoms with van der Waals surface area (Å²) in [5, 5.41) is 3.71. The molecule has 2 aromatic rings. The number of ether oxygens (including phenoxy) is 1. The lowest BCUT2D eigenvalue weighted by atomic mass is 10.1. The number of para-hydroxylation sites is 1. The number of carbonyl (C=O) groups excluding carboxylic acids is 2. The number of nitrogens with one attached hydrogen (secondary N) is 1. The average Bonchev–Trinajstić information content (AvgIpc) is 2.57. The van der Waals surface area contributed by atoms with Crippen LogP contribution in [0.4, 0.5) is 0 Å². The lowest BCUT2D eigenvalue weighted by molar-refractivity contribution is -0.143. The van der Waals surface area contributed by atoms with Gasteiger partial charge in [0.2, 0.25) is 0 Å². The molecule has 1 N–H and O–H groups in total. The van der Waals surface area contributed by atoms with E-state index >= 15 is 0 Å². The molecule has 0 bridgehead atoms. The number of rotatable bonds is 7. The second-order valence-corrected chi connectivity index (χ2v) is 5.90. The van der Waals surface area contributed by atoms with E-state index in [4.69, 9.17) is 4.74 Å². The molecule has 5 heteroatoms. The summed E-state index contributed by atoms with van der Waals surface area (Å²) in [5.74, 6) is -0.323. The van der Waals surface area contributed by atoms with Gasteiger partial charge < -0.3 is 10.1 Å². The van der Waals surface area contributed by atoms with Gasteiger partial charge in [0.1, 0.15) is 0 Å². The fourth-order valence-corrected chi connectivity index (χ4v) is 2.16. The molecule has 0 aliphatic rings. The predicted molar refractivity (Wildman–Crippen MR) is 94.2 cm³/mol. The van der Waals surface area contributed by atoms with E-state index < -0.39 is 5.97 Å². The Balaban J connectivity index is 1.85. The molecule has 0 aliphatic heterocycles. The van der Waals surface area contributed by atoms with Crippen molar-refractivity contribution in [3.05, 3.63) is 48.2 Å². The smallest absolute Gasteiger partial charge is 0.331 e. The molecule has 0 spiro atoms. The fraction of sp³-hybridized carbons (Fsp3) is 0.316. The molecule has 126 valence electrons. The van der Waals surface area contributed by atoms with Crippen molar-refractivity contribution in [2.24, 2.45) is 5.92 Å². The van der Waals surface area contributed by atoms with E-state index in [0.29, 0.717) is 12.5 Å². The molecular formula is C19H22N2O3. The number of benzene rings is 1. The molecule has 24 heavy (non-hydrogen) atoms. The maximum absolute atomic E-state index is 11.7. The molecule has 0 saturated heterocycles. The third kappa shape index (κ3) is 5.50. The van der Waals surface area contributed by atoms with Crippen molar-refractivity contribution in [1.82, 2.24) is 10.3 Å². The first-order valence-corrected chi connectivity index (χ1v) is 8.01. The molecule has 0 saturated carbocycles. The van der Waals surface area contributed by atoms with Crippen LogP contribution in [0.2, 0.25) is 0 Å². The third-order valence-corrected chi connectivity index (χ3v) is 3.45. The van der Waals surface area contributed by atoms with E-state index in [1.807, 2.05) is 30.3 Å². The molecule has 0 atom stereocenters. The summed E-state index contributed by atoms with van der Waals surface area (Å²) in [4.78, 5) is 27.6. The van der Waals surface area contributed by atoms with E-state index in [1.54, 1.807) is 12.3 Å². The highest BCUT2D eigenvalue weighted by Crippen LogP contribution is 2.17. The lowest BCUT2D eigenvalue weighted by Gasteiger charge is -2.07. The fourth-order valence-electron chi connectivity index (χ4n) is 2.16. The van der Waals surface area contributed by atoms with Crippen LogP contribution in [0.15, 0.2) is 42.6 Å². The van der Waals surface area contributed by atoms with Gasteiger partial charge in [0.05, 0.1) is 5.52 Å². The first kappa shape index (κ1) is 17.7. The van der Waals surface area contributed by atoms with Crippen LogP contribution in [-0.2, 0) is 14.3 Å². The Morgan fingerprint density at radius 2 is 2.04 bits per heavy atom. The van der Waals surface area contributed by atoms with Gasteiger partial charge in [-0.15, -0.1) is 0 Å². The molecule has 0 unspecified atom stereocenters. The monoisotopic (exact) mass is 326 g/mol. The largest absolute Gasteiger partial charge is 0.452 e. The number of fused-ring (bicyclic) bond motifs is 1. The summed E-state index contributed by atoms with van der Waals surface area (Å²) in [6, 6.07) is 9.55. The molecule has 0 fully saturated rings. The van der Waals surface area contributed by atoms with Gasteiger partial charge in [-0.2, -0.15) is 0 Å². The summed E-state index contributed by atoms with van der Waals surface area (Å²) in [5.41, 5.74) is 1.64. The average molecular weight is 326 g/mol. The number of hydrogen-bond acceptors (Lipinski definition) is 4. The zero-order chi connectivity index (χ0) is 17.4. The van der Waals surface area contributed by atoms with Crippen LogP contribution in [0.5, 0.6) is 0 Å². The Labute approximate surface area is 141 Å². The van der Waals surface area contributed by atoms with Gasteiger partial charge in [-0.1, -0.05) is 38.1 Å². The SMILES string of the molecule is CC(C)CCNC(=O)COC(=O)/C=C/c1cccc2cccnc12. The molecule has 2 rings (SSSR count). The molecule has 0 radical (unpaired) electrons. The van der Waals surface area contributed by atoms with Gasteiger partial charge in [0.15, 0.2) is 6.61 Å². The summed E-state index contributed by atoms with van der Waals surface area (Å²) in [6.45, 7) is 4.48. The van der Waals surface area contributed by atoms with Crippen LogP contribution in [0.3, 0.4) is 0 Å². The zero-order valence-corrected chi connectivity index (χ0v) is 14.0. The normalized spacial score (nSPS) is 11.1. The van der Waals surface area contributed by atoms with Crippen molar-refractivity contribution in [2.45, 2.75) is 20.3 Å². The molecular weight excluding hydrogens is 304 g/mol. The molecule has 1 heterocycles. The first-order valence-electron chi connectivity index (χ1n) is 8.01. The quantitative estimate of drug-likeness (QED) is 0.627. The Morgan fingerprint density at radius 1 is 1.25 bits per heavy atom. The number of amides is 1. The highest BCUT2D eigenvalue weighted by atomic mass is 16.5. The van der Waals surface area contributed by atoms with E-state index in [0.717, 1.165) is 22.9 Å². The van der Waals surface area contributed by atoms with Gasteiger partial charge in [0.25, 0.3) is 5.91 Å². The van der Waals surface area contributed by atoms with Crippen LogP contribution >= 0.6 is 0 Å². The summed E-state index contributed by atoms with van der Waals surface area (Å²) in [6.07, 6.45) is 5.56. The van der Waals surface area contributed by atoms with Crippen molar-refractivity contribution >= 4 is 28.9 Å². The number of aromatic nitrogens is 1. The number of hydrogen-bond donors (Lipinski definition) is 1. The topological polar surface area (TPSA) is 68.3 Å². The lowest BCUT2D eigenvalue weighted by Crippen LogP contribution is -2.29. The molecule has 1 aromatic carbocycles. The van der Waals surface area contributed by atoms with Crippen LogP contribution in [0, 0.1) is 5.92 Å². The Hall–Kier alpha value is -2.69. The van der Waals surface area contributed by atoms with Crippen molar-refractivity contribution in [1.29, 1.82) is 0 Å². The van der Waals surface area contributed by atoms with Crippen LogP contribution < -0.4 is 5.32 Å². The molecule has 5 nitrogen and oxygen atoms in total. The summed E-state index contributed by atoms with van der Waals surface area (Å²) < 4.78 is 4.94. The van der Waals surface area contributed by atoms with Crippen molar-refractivity contribution in [2.75, 3.05) is 13.2 Å². The van der Waals surface area contributed by atoms with Crippen LogP contribution in [0.25, 0.3) is 17.0 Å². The van der Waals surface area contributed by atoms with Gasteiger partial charge in [-0.25, -0.2) is 4.79 Å². The van der Waals surface area contributed by atoms with E-state index in [2.05, 4.69) is 24.1 Å². The van der Waals surface area contributed by atoms with E-state index in [9.17, 15) is 9.59 Å². The molecule has 1 aromatic heterocycles. The van der Waals surface area contributed by atoms with Gasteiger partial charge in [0, 0.05) is 29.8 Å². The van der Waals surface area contributed by atoms with Crippen molar-refractivity contribution < 1.29 is 14.3 Å². The number of nitrogens with zero attached hydrogens (tertiary/aromatic N) is 1. The minimum atomic E-state index is -0.554. The number of carbonyl (C=O) groups is 2. The first-order chi connectivity index (χ1) is 11.6. The molecule has 1 amide bonds. The van der Waals surface area contributed by atoms with Crippen molar-refractivity contribution in [3.8, 4) is 0 Å². The third-order valence-electron chi connectivity index (χ3n) is 3.45. The van der Waals surface area contributed by atoms with E-state index in [1.165, 1.54) is 6.08 Å². The van der Waals surface area contributed by atoms with Gasteiger partial charge in [-0.3, -0.25) is 9.78 Å². The summed E-state index contributed by atoms with van der Waals surface area (Å²) >= 11 is 0. The number of esters is 1. The standard InChI is InChI=1S/C19H22N2O3/c1-14(2)10-12-20-17(22)13-24-18(23)9-8-16-6-3-5-15-7-4-11-21-19(15)16/h3-9,11,14H,10,12-13H2,1-2H3,(H,20,22)/b9-8+. The maximum atomic E-state index is 11.7. The van der Waals surface area contributed by atoms with E-state index in [-0.39, 0.29) is 12.5 Å². The van der Waals surface area contributed by atoms with Gasteiger partial charge in [-0.05, 0) is 24.5 Å². The Bertz CT molecular complexity index is 733. The number of pyridine rings is 1. The van der Waals surface area contributed by atoms with Crippen LogP contribution in [-0.4, -0.2) is 30.0 Å². The minimum absolute atomic E-state index is 0.269. The second-order valence-electron chi connectivity index (χ2n) is 5.90. The zero-order valence-electron chi connectivity index (χ0n) is 14.0. The highest BCUT2D eigenvalue weighted by molar-refractivity contribution is 5.93. The van der Waals surface area contributed by atoms with Gasteiger partial charge >= 0.3 is 5.97 Å². The second kappa shape index (κ2) is 8.82. The maximum Gasteiger partial charge on any atom is 0.331 e. The Kier molecular flexibility index (Phi) is 6.49. The van der Waals surface area contributed by atoms with Crippen LogP contribution in [0.1, 0.15) is 25.8 Å².